The molecule has 1 aromatic rings. The van der Waals surface area contributed by atoms with Crippen LogP contribution in [0.4, 0.5) is 4.79 Å². The number of alkyl halides is 2. The van der Waals surface area contributed by atoms with Crippen LogP contribution in [-0.2, 0) is 6.42 Å². The van der Waals surface area contributed by atoms with Crippen LogP contribution in [-0.4, -0.2) is 21.2 Å². The van der Waals surface area contributed by atoms with E-state index in [0.717, 1.165) is 32.1 Å². The van der Waals surface area contributed by atoms with Gasteiger partial charge >= 0.3 is 6.16 Å². The normalized spacial score (nSPS) is 10.8. The van der Waals surface area contributed by atoms with Gasteiger partial charge in [0.2, 0.25) is 0 Å². The molecule has 0 bridgehead atoms. The molecule has 0 saturated heterocycles. The van der Waals surface area contributed by atoms with Crippen LogP contribution in [0.2, 0.25) is 0 Å². The van der Waals surface area contributed by atoms with E-state index in [-0.39, 0.29) is 16.3 Å². The second kappa shape index (κ2) is 8.93. The van der Waals surface area contributed by atoms with Crippen molar-refractivity contribution in [2.75, 3.05) is 0 Å². The molecule has 0 fully saturated rings. The molecule has 0 aromatic heterocycles. The van der Waals surface area contributed by atoms with Crippen LogP contribution in [0.1, 0.15) is 37.7 Å². The van der Waals surface area contributed by atoms with Gasteiger partial charge in [-0.3, -0.25) is 0 Å². The topological polar surface area (TPSA) is 66.8 Å². The Bertz CT molecular complexity index is 435. The lowest BCUT2D eigenvalue weighted by atomic mass is 10.0. The lowest BCUT2D eigenvalue weighted by Crippen LogP contribution is -2.03. The highest BCUT2D eigenvalue weighted by molar-refractivity contribution is 6.44. The first-order valence-corrected chi connectivity index (χ1v) is 7.37. The molecular formula is C14H18Cl2O4. The van der Waals surface area contributed by atoms with Crippen molar-refractivity contribution in [3.63, 3.8) is 0 Å². The Morgan fingerprint density at radius 3 is 2.55 bits per heavy atom. The van der Waals surface area contributed by atoms with Crippen molar-refractivity contribution in [3.8, 4) is 11.5 Å². The van der Waals surface area contributed by atoms with Crippen molar-refractivity contribution in [2.45, 2.75) is 43.4 Å². The van der Waals surface area contributed by atoms with Crippen molar-refractivity contribution in [1.82, 2.24) is 0 Å². The zero-order valence-electron chi connectivity index (χ0n) is 11.0. The maximum atomic E-state index is 10.5. The van der Waals surface area contributed by atoms with E-state index in [9.17, 15) is 9.90 Å². The van der Waals surface area contributed by atoms with E-state index >= 15 is 0 Å². The van der Waals surface area contributed by atoms with Crippen molar-refractivity contribution < 1.29 is 19.7 Å². The van der Waals surface area contributed by atoms with E-state index in [1.54, 1.807) is 12.1 Å². The number of ether oxygens (including phenoxy) is 1. The lowest BCUT2D eigenvalue weighted by Gasteiger charge is -2.08. The number of halogens is 2. The summed E-state index contributed by atoms with van der Waals surface area (Å²) in [6, 6.07) is 4.85. The first-order chi connectivity index (χ1) is 9.50. The zero-order chi connectivity index (χ0) is 15.0. The Morgan fingerprint density at radius 1 is 1.20 bits per heavy atom. The number of para-hydroxylation sites is 1. The monoisotopic (exact) mass is 320 g/mol. The van der Waals surface area contributed by atoms with Crippen LogP contribution in [0.25, 0.3) is 0 Å². The van der Waals surface area contributed by atoms with Gasteiger partial charge in [0.25, 0.3) is 0 Å². The third kappa shape index (κ3) is 6.35. The maximum absolute atomic E-state index is 10.5. The minimum absolute atomic E-state index is 0.0258. The van der Waals surface area contributed by atoms with Gasteiger partial charge in [0, 0.05) is 0 Å². The third-order valence-electron chi connectivity index (χ3n) is 2.90. The van der Waals surface area contributed by atoms with E-state index < -0.39 is 6.16 Å². The van der Waals surface area contributed by atoms with Crippen molar-refractivity contribution in [2.24, 2.45) is 0 Å². The number of carbonyl (C=O) groups is 1. The molecule has 0 amide bonds. The molecule has 0 heterocycles. The number of hydrogen-bond acceptors (Lipinski definition) is 3. The molecule has 0 aliphatic rings. The van der Waals surface area contributed by atoms with Gasteiger partial charge in [-0.1, -0.05) is 31.4 Å². The van der Waals surface area contributed by atoms with Gasteiger partial charge in [-0.25, -0.2) is 4.79 Å². The third-order valence-corrected chi connectivity index (χ3v) is 3.33. The van der Waals surface area contributed by atoms with Gasteiger partial charge in [0.1, 0.15) is 4.84 Å². The Morgan fingerprint density at radius 2 is 1.90 bits per heavy atom. The number of phenolic OH excluding ortho intramolecular Hbond substituents is 1. The Labute approximate surface area is 128 Å². The molecule has 0 saturated carbocycles. The molecule has 20 heavy (non-hydrogen) atoms. The number of rotatable bonds is 8. The minimum Gasteiger partial charge on any atom is -0.504 e. The average Bonchev–Trinajstić information content (AvgIpc) is 2.36. The van der Waals surface area contributed by atoms with E-state index in [1.165, 1.54) is 6.07 Å². The van der Waals surface area contributed by atoms with Crippen LogP contribution in [0, 0.1) is 0 Å². The van der Waals surface area contributed by atoms with E-state index in [4.69, 9.17) is 28.3 Å². The summed E-state index contributed by atoms with van der Waals surface area (Å²) < 4.78 is 4.49. The van der Waals surface area contributed by atoms with E-state index in [1.807, 2.05) is 0 Å². The average molecular weight is 321 g/mol. The van der Waals surface area contributed by atoms with Crippen molar-refractivity contribution in [3.05, 3.63) is 23.8 Å². The molecule has 0 spiro atoms. The summed E-state index contributed by atoms with van der Waals surface area (Å²) in [5.41, 5.74) is 0.691. The van der Waals surface area contributed by atoms with E-state index in [0.29, 0.717) is 12.0 Å². The fraction of sp³-hybridized carbons (Fsp3) is 0.500. The van der Waals surface area contributed by atoms with Crippen molar-refractivity contribution in [1.29, 1.82) is 0 Å². The summed E-state index contributed by atoms with van der Waals surface area (Å²) in [6.45, 7) is 0. The number of unbranched alkanes of at least 4 members (excludes halogenated alkanes) is 3. The van der Waals surface area contributed by atoms with Gasteiger partial charge in [-0.2, -0.15) is 0 Å². The molecule has 0 atom stereocenters. The molecule has 112 valence electrons. The minimum atomic E-state index is -1.44. The molecule has 0 unspecified atom stereocenters. The number of carboxylic acid groups (broad SMARTS) is 1. The molecule has 6 heteroatoms. The summed E-state index contributed by atoms with van der Waals surface area (Å²) in [6.07, 6.45) is 3.94. The summed E-state index contributed by atoms with van der Waals surface area (Å²) in [7, 11) is 0. The van der Waals surface area contributed by atoms with Gasteiger partial charge in [0.05, 0.1) is 0 Å². The molecular weight excluding hydrogens is 303 g/mol. The first kappa shape index (κ1) is 16.9. The maximum Gasteiger partial charge on any atom is 0.511 e. The second-order valence-electron chi connectivity index (χ2n) is 4.48. The van der Waals surface area contributed by atoms with Crippen molar-refractivity contribution >= 4 is 29.4 Å². The Balaban J connectivity index is 2.38. The fourth-order valence-corrected chi connectivity index (χ4v) is 2.22. The first-order valence-electron chi connectivity index (χ1n) is 6.50. The number of hydrogen-bond donors (Lipinski definition) is 2. The van der Waals surface area contributed by atoms with Crippen LogP contribution in [0.5, 0.6) is 11.5 Å². The highest BCUT2D eigenvalue weighted by atomic mass is 35.5. The number of phenols is 1. The lowest BCUT2D eigenvalue weighted by molar-refractivity contribution is 0.143. The molecule has 1 aromatic carbocycles. The fourth-order valence-electron chi connectivity index (χ4n) is 1.91. The molecule has 0 aliphatic carbocycles. The predicted molar refractivity (Wildman–Crippen MR) is 79.0 cm³/mol. The van der Waals surface area contributed by atoms with Gasteiger partial charge in [-0.05, 0) is 30.9 Å². The molecule has 1 rings (SSSR count). The van der Waals surface area contributed by atoms with Gasteiger partial charge < -0.3 is 14.9 Å². The zero-order valence-corrected chi connectivity index (χ0v) is 12.5. The summed E-state index contributed by atoms with van der Waals surface area (Å²) in [5, 5.41) is 18.4. The molecule has 2 N–H and O–H groups in total. The van der Waals surface area contributed by atoms with Crippen LogP contribution >= 0.6 is 23.2 Å². The van der Waals surface area contributed by atoms with Gasteiger partial charge in [0.15, 0.2) is 11.5 Å². The quantitative estimate of drug-likeness (QED) is 0.314. The van der Waals surface area contributed by atoms with Crippen LogP contribution in [0.3, 0.4) is 0 Å². The summed E-state index contributed by atoms with van der Waals surface area (Å²) in [5.74, 6) is -0.126. The molecule has 0 radical (unpaired) electrons. The highest BCUT2D eigenvalue weighted by Crippen LogP contribution is 2.31. The number of benzene rings is 1. The second-order valence-corrected chi connectivity index (χ2v) is 5.75. The highest BCUT2D eigenvalue weighted by Gasteiger charge is 2.10. The number of aromatic hydroxyl groups is 1. The largest absolute Gasteiger partial charge is 0.511 e. The standard InChI is InChI=1S/C14H18Cl2O4/c15-12(16)9-4-2-1-3-6-10-7-5-8-11(13(10)17)20-14(18)19/h5,7-8,12,17H,1-4,6,9H2,(H,18,19). The molecule has 4 nitrogen and oxygen atoms in total. The number of aryl methyl sites for hydroxylation is 1. The smallest absolute Gasteiger partial charge is 0.504 e. The van der Waals surface area contributed by atoms with Crippen LogP contribution in [0.15, 0.2) is 18.2 Å². The Kier molecular flexibility index (Phi) is 7.55. The summed E-state index contributed by atoms with van der Waals surface area (Å²) >= 11 is 11.3. The Hall–Kier alpha value is -1.13. The SMILES string of the molecule is O=C(O)Oc1cccc(CCCCCCC(Cl)Cl)c1O. The van der Waals surface area contributed by atoms with Crippen LogP contribution < -0.4 is 4.74 Å². The van der Waals surface area contributed by atoms with E-state index in [2.05, 4.69) is 4.74 Å². The predicted octanol–water partition coefficient (Wildman–Crippen LogP) is 4.75. The summed E-state index contributed by atoms with van der Waals surface area (Å²) in [4.78, 5) is 10.2. The molecule has 0 aliphatic heterocycles. The van der Waals surface area contributed by atoms with Gasteiger partial charge in [-0.15, -0.1) is 23.2 Å².